The summed E-state index contributed by atoms with van der Waals surface area (Å²) in [6.07, 6.45) is 7.27. The van der Waals surface area contributed by atoms with Gasteiger partial charge in [-0.3, -0.25) is 38.7 Å². The van der Waals surface area contributed by atoms with Gasteiger partial charge in [-0.05, 0) is 105 Å². The van der Waals surface area contributed by atoms with Gasteiger partial charge in [-0.25, -0.2) is 23.7 Å². The average molecular weight is 949 g/mol. The van der Waals surface area contributed by atoms with Crippen LogP contribution in [0.3, 0.4) is 0 Å². The lowest BCUT2D eigenvalue weighted by Gasteiger charge is -2.37. The van der Waals surface area contributed by atoms with Crippen LogP contribution >= 0.6 is 0 Å². The topological polar surface area (TPSA) is 228 Å². The Balaban J connectivity index is 0.726. The first-order valence-electron chi connectivity index (χ1n) is 22.5. The van der Waals surface area contributed by atoms with Crippen molar-refractivity contribution in [1.29, 1.82) is 5.26 Å². The number of anilines is 3. The zero-order valence-electron chi connectivity index (χ0n) is 36.6. The molecule has 5 fully saturated rings. The van der Waals surface area contributed by atoms with Gasteiger partial charge in [0.2, 0.25) is 23.7 Å². The summed E-state index contributed by atoms with van der Waals surface area (Å²) in [6.45, 7) is 4.21. The number of piperidine rings is 3. The van der Waals surface area contributed by atoms with Gasteiger partial charge in [0.1, 0.15) is 35.6 Å². The molecule has 352 valence electrons. The summed E-state index contributed by atoms with van der Waals surface area (Å²) < 4.78 is 67.5. The van der Waals surface area contributed by atoms with E-state index < -0.39 is 39.3 Å². The number of ether oxygens (including phenoxy) is 1. The summed E-state index contributed by atoms with van der Waals surface area (Å²) in [5.41, 5.74) is 0.732. The molecule has 5 aromatic rings. The number of carbonyl (C=O) groups is 3. The highest BCUT2D eigenvalue weighted by Crippen LogP contribution is 2.46. The summed E-state index contributed by atoms with van der Waals surface area (Å²) in [4.78, 5) is 70.0. The summed E-state index contributed by atoms with van der Waals surface area (Å²) in [5, 5.41) is 15.4. The van der Waals surface area contributed by atoms with E-state index in [4.69, 9.17) is 4.74 Å². The second-order valence-electron chi connectivity index (χ2n) is 17.8. The van der Waals surface area contributed by atoms with Crippen molar-refractivity contribution in [2.24, 2.45) is 11.8 Å². The van der Waals surface area contributed by atoms with Crippen molar-refractivity contribution in [2.75, 3.05) is 73.8 Å². The molecule has 3 N–H and O–H groups in total. The van der Waals surface area contributed by atoms with Crippen LogP contribution < -0.4 is 30.6 Å². The summed E-state index contributed by atoms with van der Waals surface area (Å²) in [6, 6.07) is 12.7. The lowest BCUT2D eigenvalue weighted by atomic mass is 9.89. The minimum atomic E-state index is -4.00. The van der Waals surface area contributed by atoms with E-state index in [9.17, 15) is 32.9 Å². The molecule has 5 aliphatic rings. The summed E-state index contributed by atoms with van der Waals surface area (Å²) in [7, 11) is -4.00. The van der Waals surface area contributed by atoms with Crippen molar-refractivity contribution >= 4 is 56.2 Å². The lowest BCUT2D eigenvalue weighted by molar-refractivity contribution is -0.134. The number of imide groups is 1. The van der Waals surface area contributed by atoms with Gasteiger partial charge in [-0.1, -0.05) is 6.07 Å². The zero-order chi connectivity index (χ0) is 47.3. The fourth-order valence-electron chi connectivity index (χ4n) is 9.51. The molecule has 3 aromatic carbocycles. The Morgan fingerprint density at radius 1 is 0.897 bits per heavy atom. The van der Waals surface area contributed by atoms with Crippen molar-refractivity contribution < 1.29 is 36.3 Å². The standard InChI is InChI=1S/C46H46F2N12O7S/c47-36-4-6-39(55-68(65,66)59-23-28-17-29(28)24-59)35(20-49)43(36)67-32-2-5-38-34(19-32)45(64)60(26-52-38)31-21-50-46(51-22-31)58-15-13-57(14-16-58)42(62)25-56-11-9-27(10-12-56)33-3-1-30(18-37(33)48)53-40-7-8-41(61)54-44(40)63/h1-6,18-19,21-22,26-29,40,53,55H,7-17,23-25H2,(H,54,61,63)/t28?,29?,40-/m0/s1. The van der Waals surface area contributed by atoms with Crippen molar-refractivity contribution in [3.8, 4) is 23.3 Å². The van der Waals surface area contributed by atoms with Crippen LogP contribution in [-0.2, 0) is 24.6 Å². The number of hydrogen-bond acceptors (Lipinski definition) is 14. The van der Waals surface area contributed by atoms with Crippen molar-refractivity contribution in [3.05, 3.63) is 100 Å². The highest BCUT2D eigenvalue weighted by atomic mass is 32.2. The van der Waals surface area contributed by atoms with Crippen molar-refractivity contribution in [1.82, 2.24) is 38.9 Å². The number of rotatable bonds is 12. The molecule has 3 amide bonds. The van der Waals surface area contributed by atoms with Gasteiger partial charge in [-0.2, -0.15) is 18.0 Å². The van der Waals surface area contributed by atoms with Gasteiger partial charge >= 0.3 is 10.2 Å². The second kappa shape index (κ2) is 18.2. The largest absolute Gasteiger partial charge is 0.453 e. The first-order chi connectivity index (χ1) is 32.8. The van der Waals surface area contributed by atoms with Crippen LogP contribution in [0.2, 0.25) is 0 Å². The number of aromatic nitrogens is 4. The number of nitriles is 1. The number of piperazine rings is 1. The molecule has 4 aliphatic heterocycles. The predicted molar refractivity (Wildman–Crippen MR) is 243 cm³/mol. The Kier molecular flexibility index (Phi) is 12.0. The van der Waals surface area contributed by atoms with Gasteiger partial charge in [0.05, 0.1) is 41.2 Å². The van der Waals surface area contributed by atoms with Crippen LogP contribution in [0, 0.1) is 34.8 Å². The Bertz CT molecular complexity index is 3030. The number of carbonyl (C=O) groups excluding carboxylic acids is 3. The highest BCUT2D eigenvalue weighted by Gasteiger charge is 2.49. The number of nitrogens with one attached hydrogen (secondary N) is 3. The molecule has 0 bridgehead atoms. The Labute approximate surface area is 388 Å². The quantitative estimate of drug-likeness (QED) is 0.152. The molecule has 0 radical (unpaired) electrons. The molecule has 0 spiro atoms. The molecule has 1 saturated carbocycles. The summed E-state index contributed by atoms with van der Waals surface area (Å²) >= 11 is 0. The number of fused-ring (bicyclic) bond motifs is 2. The number of nitrogens with zero attached hydrogens (tertiary/aromatic N) is 9. The number of hydrogen-bond donors (Lipinski definition) is 3. The maximum Gasteiger partial charge on any atom is 0.301 e. The van der Waals surface area contributed by atoms with Crippen molar-refractivity contribution in [3.63, 3.8) is 0 Å². The fourth-order valence-corrected chi connectivity index (χ4v) is 10.9. The first kappa shape index (κ1) is 44.7. The van der Waals surface area contributed by atoms with Gasteiger partial charge < -0.3 is 19.9 Å². The van der Waals surface area contributed by atoms with E-state index in [1.807, 2.05) is 15.9 Å². The van der Waals surface area contributed by atoms with Crippen molar-refractivity contribution in [2.45, 2.75) is 44.1 Å². The number of benzene rings is 3. The van der Waals surface area contributed by atoms with E-state index in [0.29, 0.717) is 112 Å². The molecule has 6 heterocycles. The molecule has 3 atom stereocenters. The maximum absolute atomic E-state index is 15.3. The normalized spacial score (nSPS) is 21.3. The molecule has 4 saturated heterocycles. The van der Waals surface area contributed by atoms with E-state index in [-0.39, 0.29) is 58.9 Å². The smallest absolute Gasteiger partial charge is 0.301 e. The van der Waals surface area contributed by atoms with Crippen LogP contribution in [-0.4, -0.2) is 125 Å². The molecule has 68 heavy (non-hydrogen) atoms. The van der Waals surface area contributed by atoms with Crippen LogP contribution in [0.25, 0.3) is 16.6 Å². The zero-order valence-corrected chi connectivity index (χ0v) is 37.4. The Hall–Kier alpha value is -7.09. The molecule has 19 nitrogen and oxygen atoms in total. The van der Waals surface area contributed by atoms with Crippen LogP contribution in [0.1, 0.15) is 49.1 Å². The lowest BCUT2D eigenvalue weighted by Crippen LogP contribution is -2.52. The number of halogens is 2. The van der Waals surface area contributed by atoms with E-state index in [1.54, 1.807) is 12.1 Å². The Morgan fingerprint density at radius 2 is 1.65 bits per heavy atom. The van der Waals surface area contributed by atoms with E-state index in [1.165, 1.54) is 57.9 Å². The minimum Gasteiger partial charge on any atom is -0.453 e. The van der Waals surface area contributed by atoms with E-state index in [2.05, 4.69) is 35.2 Å². The third-order valence-electron chi connectivity index (χ3n) is 13.5. The summed E-state index contributed by atoms with van der Waals surface area (Å²) in [5.74, 6) is -1.39. The van der Waals surface area contributed by atoms with Crippen LogP contribution in [0.15, 0.2) is 72.0 Å². The minimum absolute atomic E-state index is 0.00414. The van der Waals surface area contributed by atoms with Gasteiger partial charge in [-0.15, -0.1) is 0 Å². The number of likely N-dealkylation sites (tertiary alicyclic amines) is 1. The molecular weight excluding hydrogens is 903 g/mol. The second-order valence-corrected chi connectivity index (χ2v) is 19.5. The van der Waals surface area contributed by atoms with E-state index >= 15 is 8.78 Å². The Morgan fingerprint density at radius 3 is 2.35 bits per heavy atom. The van der Waals surface area contributed by atoms with Gasteiger partial charge in [0, 0.05) is 51.4 Å². The molecule has 10 rings (SSSR count). The molecule has 22 heteroatoms. The number of amides is 3. The first-order valence-corrected chi connectivity index (χ1v) is 23.9. The van der Waals surface area contributed by atoms with Gasteiger partial charge in [0.25, 0.3) is 5.56 Å². The fraction of sp³-hybridized carbons (Fsp3) is 0.391. The average Bonchev–Trinajstić information content (AvgIpc) is 3.94. The molecular formula is C46H46F2N12O7S. The van der Waals surface area contributed by atoms with Gasteiger partial charge in [0.15, 0.2) is 11.6 Å². The highest BCUT2D eigenvalue weighted by molar-refractivity contribution is 7.90. The monoisotopic (exact) mass is 948 g/mol. The third-order valence-corrected chi connectivity index (χ3v) is 14.9. The SMILES string of the molecule is N#Cc1c(NS(=O)(=O)N2CC3CC3C2)ccc(F)c1Oc1ccc2ncn(-c3cnc(N4CCN(C(=O)CN5CCC(c6ccc(N[C@H]7CCC(=O)NC7=O)cc6F)CC5)CC4)nc3)c(=O)c2c1. The predicted octanol–water partition coefficient (Wildman–Crippen LogP) is 3.47. The van der Waals surface area contributed by atoms with Crippen LogP contribution in [0.5, 0.6) is 11.5 Å². The third kappa shape index (κ3) is 9.15. The van der Waals surface area contributed by atoms with Crippen LogP contribution in [0.4, 0.5) is 26.1 Å². The molecule has 2 aromatic heterocycles. The van der Waals surface area contributed by atoms with E-state index in [0.717, 1.165) is 12.5 Å². The molecule has 2 unspecified atom stereocenters. The molecule has 1 aliphatic carbocycles. The maximum atomic E-state index is 15.3.